The predicted molar refractivity (Wildman–Crippen MR) is 75.6 cm³/mol. The summed E-state index contributed by atoms with van der Waals surface area (Å²) >= 11 is 1.71. The minimum Gasteiger partial charge on any atom is -0.341 e. The van der Waals surface area contributed by atoms with Crippen molar-refractivity contribution in [2.75, 3.05) is 20.1 Å². The van der Waals surface area contributed by atoms with E-state index in [4.69, 9.17) is 0 Å². The third-order valence-electron chi connectivity index (χ3n) is 3.56. The first-order chi connectivity index (χ1) is 8.75. The third kappa shape index (κ3) is 4.10. The molecule has 1 N–H and O–H groups in total. The summed E-state index contributed by atoms with van der Waals surface area (Å²) in [5.41, 5.74) is 0. The number of rotatable bonds is 5. The molecule has 0 radical (unpaired) electrons. The second kappa shape index (κ2) is 6.90. The van der Waals surface area contributed by atoms with Crippen molar-refractivity contribution in [2.24, 2.45) is 5.92 Å². The van der Waals surface area contributed by atoms with E-state index in [1.807, 2.05) is 18.0 Å². The lowest BCUT2D eigenvalue weighted by Gasteiger charge is -2.23. The highest BCUT2D eigenvalue weighted by Crippen LogP contribution is 2.17. The molecule has 1 fully saturated rings. The van der Waals surface area contributed by atoms with E-state index in [1.165, 1.54) is 17.7 Å². The van der Waals surface area contributed by atoms with E-state index < -0.39 is 0 Å². The number of hydrogen-bond donors (Lipinski definition) is 1. The van der Waals surface area contributed by atoms with Crippen molar-refractivity contribution in [3.05, 3.63) is 22.4 Å². The standard InChI is InChI=1S/C14H22N2OS/c1-16(11-13-5-3-9-18-13)14(17)7-6-12-4-2-8-15-10-12/h3,5,9,12,15H,2,4,6-8,10-11H2,1H3. The fourth-order valence-electron chi connectivity index (χ4n) is 2.41. The van der Waals surface area contributed by atoms with Crippen LogP contribution in [0.2, 0.25) is 0 Å². The Morgan fingerprint density at radius 3 is 3.17 bits per heavy atom. The van der Waals surface area contributed by atoms with Gasteiger partial charge in [0.15, 0.2) is 0 Å². The van der Waals surface area contributed by atoms with Gasteiger partial charge in [0.25, 0.3) is 0 Å². The summed E-state index contributed by atoms with van der Waals surface area (Å²) in [5, 5.41) is 5.46. The van der Waals surface area contributed by atoms with Crippen LogP contribution in [0.4, 0.5) is 0 Å². The van der Waals surface area contributed by atoms with Crippen molar-refractivity contribution in [2.45, 2.75) is 32.2 Å². The lowest BCUT2D eigenvalue weighted by molar-refractivity contribution is -0.130. The molecule has 0 spiro atoms. The van der Waals surface area contributed by atoms with Crippen LogP contribution in [-0.2, 0) is 11.3 Å². The highest BCUT2D eigenvalue weighted by molar-refractivity contribution is 7.09. The Bertz CT molecular complexity index is 358. The number of hydrogen-bond acceptors (Lipinski definition) is 3. The molecule has 1 amide bonds. The Morgan fingerprint density at radius 2 is 2.50 bits per heavy atom. The molecule has 4 heteroatoms. The van der Waals surface area contributed by atoms with E-state index in [0.717, 1.165) is 26.1 Å². The van der Waals surface area contributed by atoms with Crippen molar-refractivity contribution in [3.63, 3.8) is 0 Å². The Morgan fingerprint density at radius 1 is 1.61 bits per heavy atom. The first kappa shape index (κ1) is 13.6. The van der Waals surface area contributed by atoms with E-state index in [2.05, 4.69) is 16.8 Å². The molecule has 18 heavy (non-hydrogen) atoms. The van der Waals surface area contributed by atoms with Gasteiger partial charge in [-0.3, -0.25) is 4.79 Å². The van der Waals surface area contributed by atoms with Gasteiger partial charge in [-0.25, -0.2) is 0 Å². The van der Waals surface area contributed by atoms with Crippen LogP contribution in [0, 0.1) is 5.92 Å². The van der Waals surface area contributed by atoms with Gasteiger partial charge < -0.3 is 10.2 Å². The van der Waals surface area contributed by atoms with Gasteiger partial charge in [-0.15, -0.1) is 11.3 Å². The summed E-state index contributed by atoms with van der Waals surface area (Å²) in [6.07, 6.45) is 4.24. The Labute approximate surface area is 113 Å². The van der Waals surface area contributed by atoms with Crippen LogP contribution in [-0.4, -0.2) is 30.9 Å². The maximum atomic E-state index is 12.0. The molecule has 0 saturated carbocycles. The summed E-state index contributed by atoms with van der Waals surface area (Å²) in [6.45, 7) is 2.98. The average Bonchev–Trinajstić information content (AvgIpc) is 2.90. The van der Waals surface area contributed by atoms with Crippen molar-refractivity contribution < 1.29 is 4.79 Å². The van der Waals surface area contributed by atoms with Gasteiger partial charge in [-0.2, -0.15) is 0 Å². The van der Waals surface area contributed by atoms with Gasteiger partial charge in [-0.1, -0.05) is 6.07 Å². The molecule has 1 saturated heterocycles. The summed E-state index contributed by atoms with van der Waals surface area (Å²) in [5.74, 6) is 0.965. The zero-order valence-electron chi connectivity index (χ0n) is 11.0. The van der Waals surface area contributed by atoms with E-state index in [0.29, 0.717) is 12.3 Å². The molecule has 100 valence electrons. The molecule has 1 aromatic rings. The first-order valence-electron chi connectivity index (χ1n) is 6.73. The van der Waals surface area contributed by atoms with Crippen molar-refractivity contribution in [1.82, 2.24) is 10.2 Å². The molecular weight excluding hydrogens is 244 g/mol. The van der Waals surface area contributed by atoms with Crippen molar-refractivity contribution >= 4 is 17.2 Å². The SMILES string of the molecule is CN(Cc1cccs1)C(=O)CCC1CCCNC1. The molecule has 1 atom stereocenters. The fraction of sp³-hybridized carbons (Fsp3) is 0.643. The molecule has 3 nitrogen and oxygen atoms in total. The second-order valence-corrected chi connectivity index (χ2v) is 6.11. The quantitative estimate of drug-likeness (QED) is 0.888. The van der Waals surface area contributed by atoms with Crippen LogP contribution in [0.3, 0.4) is 0 Å². The zero-order valence-corrected chi connectivity index (χ0v) is 11.8. The zero-order chi connectivity index (χ0) is 12.8. The number of nitrogens with zero attached hydrogens (tertiary/aromatic N) is 1. The molecule has 0 aromatic carbocycles. The molecule has 1 aliphatic heterocycles. The van der Waals surface area contributed by atoms with Gasteiger partial charge in [0.05, 0.1) is 6.54 Å². The van der Waals surface area contributed by atoms with Crippen LogP contribution in [0.1, 0.15) is 30.6 Å². The Balaban J connectivity index is 1.70. The number of carbonyl (C=O) groups is 1. The first-order valence-corrected chi connectivity index (χ1v) is 7.60. The van der Waals surface area contributed by atoms with Gasteiger partial charge in [0.1, 0.15) is 0 Å². The van der Waals surface area contributed by atoms with Crippen molar-refractivity contribution in [3.8, 4) is 0 Å². The average molecular weight is 266 g/mol. The second-order valence-electron chi connectivity index (χ2n) is 5.08. The monoisotopic (exact) mass is 266 g/mol. The summed E-state index contributed by atoms with van der Waals surface area (Å²) in [6, 6.07) is 4.12. The summed E-state index contributed by atoms with van der Waals surface area (Å²) in [7, 11) is 1.90. The van der Waals surface area contributed by atoms with Gasteiger partial charge in [0, 0.05) is 18.3 Å². The third-order valence-corrected chi connectivity index (χ3v) is 4.43. The molecule has 1 aliphatic rings. The minimum atomic E-state index is 0.272. The number of piperidine rings is 1. The number of amides is 1. The van der Waals surface area contributed by atoms with Gasteiger partial charge in [-0.05, 0) is 49.7 Å². The summed E-state index contributed by atoms with van der Waals surface area (Å²) in [4.78, 5) is 15.1. The predicted octanol–water partition coefficient (Wildman–Crippen LogP) is 2.49. The number of thiophene rings is 1. The molecular formula is C14H22N2OS. The van der Waals surface area contributed by atoms with E-state index in [-0.39, 0.29) is 5.91 Å². The smallest absolute Gasteiger partial charge is 0.222 e. The summed E-state index contributed by atoms with van der Waals surface area (Å²) < 4.78 is 0. The fourth-order valence-corrected chi connectivity index (χ4v) is 3.17. The molecule has 2 rings (SSSR count). The normalized spacial score (nSPS) is 19.7. The molecule has 2 heterocycles. The number of carbonyl (C=O) groups excluding carboxylic acids is 1. The van der Waals surface area contributed by atoms with Crippen LogP contribution in [0.15, 0.2) is 17.5 Å². The largest absolute Gasteiger partial charge is 0.341 e. The topological polar surface area (TPSA) is 32.3 Å². The van der Waals surface area contributed by atoms with E-state index >= 15 is 0 Å². The molecule has 0 aliphatic carbocycles. The van der Waals surface area contributed by atoms with E-state index in [9.17, 15) is 4.79 Å². The molecule has 1 unspecified atom stereocenters. The minimum absolute atomic E-state index is 0.272. The Kier molecular flexibility index (Phi) is 5.20. The molecule has 0 bridgehead atoms. The van der Waals surface area contributed by atoms with Crippen LogP contribution in [0.25, 0.3) is 0 Å². The van der Waals surface area contributed by atoms with Crippen LogP contribution in [0.5, 0.6) is 0 Å². The Hall–Kier alpha value is -0.870. The lowest BCUT2D eigenvalue weighted by Crippen LogP contribution is -2.31. The van der Waals surface area contributed by atoms with Gasteiger partial charge in [0.2, 0.25) is 5.91 Å². The van der Waals surface area contributed by atoms with Crippen LogP contribution >= 0.6 is 11.3 Å². The maximum absolute atomic E-state index is 12.0. The van der Waals surface area contributed by atoms with Gasteiger partial charge >= 0.3 is 0 Å². The highest BCUT2D eigenvalue weighted by atomic mass is 32.1. The number of nitrogens with one attached hydrogen (secondary N) is 1. The van der Waals surface area contributed by atoms with Crippen molar-refractivity contribution in [1.29, 1.82) is 0 Å². The highest BCUT2D eigenvalue weighted by Gasteiger charge is 2.16. The molecule has 1 aromatic heterocycles. The van der Waals surface area contributed by atoms with Crippen LogP contribution < -0.4 is 5.32 Å². The maximum Gasteiger partial charge on any atom is 0.222 e. The van der Waals surface area contributed by atoms with E-state index in [1.54, 1.807) is 11.3 Å². The lowest BCUT2D eigenvalue weighted by atomic mass is 9.94.